The third kappa shape index (κ3) is 3.30. The maximum Gasteiger partial charge on any atom is 0.287 e. The minimum Gasteiger partial charge on any atom is -0.258 e. The first-order valence-electron chi connectivity index (χ1n) is 3.35. The van der Waals surface area contributed by atoms with E-state index in [1.165, 1.54) is 24.5 Å². The van der Waals surface area contributed by atoms with Gasteiger partial charge in [0.25, 0.3) is 5.69 Å². The second-order valence-corrected chi connectivity index (χ2v) is 1.47. The molecule has 60 valence electrons. The molecular weight excluding hydrogens is 144 g/mol. The molecule has 1 heterocycles. The molecule has 0 aromatic carbocycles. The quantitative estimate of drug-likeness (QED) is 0.459. The van der Waals surface area contributed by atoms with Crippen LogP contribution in [0.25, 0.3) is 0 Å². The summed E-state index contributed by atoms with van der Waals surface area (Å²) in [4.78, 5) is 13.1. The van der Waals surface area contributed by atoms with E-state index in [9.17, 15) is 10.1 Å². The number of nitro groups is 1. The summed E-state index contributed by atoms with van der Waals surface area (Å²) in [6.45, 7) is 4.00. The van der Waals surface area contributed by atoms with E-state index in [1.807, 2.05) is 13.8 Å². The fourth-order valence-corrected chi connectivity index (χ4v) is 0.462. The van der Waals surface area contributed by atoms with Gasteiger partial charge in [0, 0.05) is 12.3 Å². The average Bonchev–Trinajstić information content (AvgIpc) is 2.10. The van der Waals surface area contributed by atoms with Crippen LogP contribution in [0.1, 0.15) is 13.8 Å². The second kappa shape index (κ2) is 5.34. The number of aromatic nitrogens is 1. The van der Waals surface area contributed by atoms with Crippen LogP contribution in [0.3, 0.4) is 0 Å². The van der Waals surface area contributed by atoms with Gasteiger partial charge in [-0.3, -0.25) is 15.1 Å². The summed E-state index contributed by atoms with van der Waals surface area (Å²) in [5, 5.41) is 9.97. The van der Waals surface area contributed by atoms with Gasteiger partial charge in [-0.05, 0) is 6.07 Å². The number of rotatable bonds is 1. The van der Waals surface area contributed by atoms with E-state index in [4.69, 9.17) is 0 Å². The molecule has 1 aromatic heterocycles. The Morgan fingerprint density at radius 2 is 2.18 bits per heavy atom. The fourth-order valence-electron chi connectivity index (χ4n) is 0.462. The van der Waals surface area contributed by atoms with Crippen LogP contribution in [-0.2, 0) is 0 Å². The molecule has 0 N–H and O–H groups in total. The van der Waals surface area contributed by atoms with Gasteiger partial charge < -0.3 is 0 Å². The smallest absolute Gasteiger partial charge is 0.258 e. The summed E-state index contributed by atoms with van der Waals surface area (Å²) < 4.78 is 0. The number of hydrogen-bond acceptors (Lipinski definition) is 3. The van der Waals surface area contributed by atoms with Gasteiger partial charge in [0.15, 0.2) is 0 Å². The first-order chi connectivity index (χ1) is 5.30. The summed E-state index contributed by atoms with van der Waals surface area (Å²) in [5.41, 5.74) is 0.0255. The van der Waals surface area contributed by atoms with Gasteiger partial charge in [-0.1, -0.05) is 13.8 Å². The highest BCUT2D eigenvalue weighted by atomic mass is 16.6. The predicted octanol–water partition coefficient (Wildman–Crippen LogP) is 2.02. The van der Waals surface area contributed by atoms with E-state index >= 15 is 0 Å². The molecule has 4 nitrogen and oxygen atoms in total. The maximum absolute atomic E-state index is 9.97. The topological polar surface area (TPSA) is 56.0 Å². The largest absolute Gasteiger partial charge is 0.287 e. The van der Waals surface area contributed by atoms with Crippen LogP contribution >= 0.6 is 0 Å². The van der Waals surface area contributed by atoms with E-state index in [2.05, 4.69) is 4.98 Å². The Morgan fingerprint density at radius 1 is 1.55 bits per heavy atom. The third-order valence-electron chi connectivity index (χ3n) is 0.857. The highest BCUT2D eigenvalue weighted by Gasteiger charge is 1.99. The molecule has 0 spiro atoms. The standard InChI is InChI=1S/C5H4N2O2.C2H6/c8-7(9)5-2-1-3-6-4-5;1-2/h1-4H;1-2H3. The lowest BCUT2D eigenvalue weighted by molar-refractivity contribution is -0.385. The molecule has 0 bridgehead atoms. The highest BCUT2D eigenvalue weighted by molar-refractivity contribution is 5.23. The SMILES string of the molecule is CC.O=[N+]([O-])c1cccnc1. The Morgan fingerprint density at radius 3 is 2.45 bits per heavy atom. The van der Waals surface area contributed by atoms with Crippen molar-refractivity contribution in [2.75, 3.05) is 0 Å². The average molecular weight is 154 g/mol. The van der Waals surface area contributed by atoms with E-state index in [0.717, 1.165) is 0 Å². The van der Waals surface area contributed by atoms with E-state index < -0.39 is 4.92 Å². The monoisotopic (exact) mass is 154 g/mol. The molecular formula is C7H10N2O2. The lowest BCUT2D eigenvalue weighted by Crippen LogP contribution is -1.86. The van der Waals surface area contributed by atoms with Crippen molar-refractivity contribution in [2.24, 2.45) is 0 Å². The Hall–Kier alpha value is -1.45. The van der Waals surface area contributed by atoms with Crippen LogP contribution in [0.5, 0.6) is 0 Å². The molecule has 1 rings (SSSR count). The van der Waals surface area contributed by atoms with Crippen LogP contribution in [0.2, 0.25) is 0 Å². The molecule has 0 saturated carbocycles. The van der Waals surface area contributed by atoms with E-state index in [-0.39, 0.29) is 5.69 Å². The predicted molar refractivity (Wildman–Crippen MR) is 42.2 cm³/mol. The first kappa shape index (κ1) is 9.55. The second-order valence-electron chi connectivity index (χ2n) is 1.47. The highest BCUT2D eigenvalue weighted by Crippen LogP contribution is 2.04. The van der Waals surface area contributed by atoms with E-state index in [1.54, 1.807) is 0 Å². The van der Waals surface area contributed by atoms with Gasteiger partial charge in [0.2, 0.25) is 0 Å². The van der Waals surface area contributed by atoms with Crippen LogP contribution < -0.4 is 0 Å². The van der Waals surface area contributed by atoms with Gasteiger partial charge in [-0.2, -0.15) is 0 Å². The summed E-state index contributed by atoms with van der Waals surface area (Å²) >= 11 is 0. The van der Waals surface area contributed by atoms with E-state index in [0.29, 0.717) is 0 Å². The van der Waals surface area contributed by atoms with Crippen molar-refractivity contribution in [3.63, 3.8) is 0 Å². The molecule has 0 amide bonds. The zero-order valence-electron chi connectivity index (χ0n) is 6.52. The Kier molecular flexibility index (Phi) is 4.64. The van der Waals surface area contributed by atoms with Crippen molar-refractivity contribution >= 4 is 5.69 Å². The molecule has 0 saturated heterocycles. The van der Waals surface area contributed by atoms with Crippen LogP contribution in [-0.4, -0.2) is 9.91 Å². The number of pyridine rings is 1. The van der Waals surface area contributed by atoms with Crippen molar-refractivity contribution in [3.05, 3.63) is 34.6 Å². The van der Waals surface area contributed by atoms with Crippen molar-refractivity contribution in [1.29, 1.82) is 0 Å². The van der Waals surface area contributed by atoms with Gasteiger partial charge in [-0.15, -0.1) is 0 Å². The molecule has 0 radical (unpaired) electrons. The number of hydrogen-bond donors (Lipinski definition) is 0. The summed E-state index contributed by atoms with van der Waals surface area (Å²) in [6, 6.07) is 2.92. The minimum atomic E-state index is -0.479. The number of nitrogens with zero attached hydrogens (tertiary/aromatic N) is 2. The van der Waals surface area contributed by atoms with Crippen LogP contribution in [0.15, 0.2) is 24.5 Å². The summed E-state index contributed by atoms with van der Waals surface area (Å²) in [5.74, 6) is 0. The Balaban J connectivity index is 0.000000461. The first-order valence-corrected chi connectivity index (χ1v) is 3.35. The molecule has 0 unspecified atom stereocenters. The molecule has 11 heavy (non-hydrogen) atoms. The lowest BCUT2D eigenvalue weighted by atomic mass is 10.4. The van der Waals surface area contributed by atoms with Gasteiger partial charge in [-0.25, -0.2) is 0 Å². The van der Waals surface area contributed by atoms with Crippen LogP contribution in [0.4, 0.5) is 5.69 Å². The normalized spacial score (nSPS) is 7.82. The van der Waals surface area contributed by atoms with Gasteiger partial charge >= 0.3 is 0 Å². The van der Waals surface area contributed by atoms with Gasteiger partial charge in [0.1, 0.15) is 6.20 Å². The molecule has 0 aliphatic carbocycles. The molecule has 0 aliphatic heterocycles. The van der Waals surface area contributed by atoms with Crippen molar-refractivity contribution in [2.45, 2.75) is 13.8 Å². The molecule has 0 aliphatic rings. The molecule has 1 aromatic rings. The fraction of sp³-hybridized carbons (Fsp3) is 0.286. The maximum atomic E-state index is 9.97. The van der Waals surface area contributed by atoms with Crippen molar-refractivity contribution in [1.82, 2.24) is 4.98 Å². The zero-order valence-corrected chi connectivity index (χ0v) is 6.52. The Labute approximate surface area is 65.0 Å². The van der Waals surface area contributed by atoms with Crippen LogP contribution in [0, 0.1) is 10.1 Å². The summed E-state index contributed by atoms with van der Waals surface area (Å²) in [7, 11) is 0. The van der Waals surface area contributed by atoms with Gasteiger partial charge in [0.05, 0.1) is 4.92 Å². The van der Waals surface area contributed by atoms with Crippen molar-refractivity contribution in [3.8, 4) is 0 Å². The van der Waals surface area contributed by atoms with Crippen molar-refractivity contribution < 1.29 is 4.92 Å². The zero-order chi connectivity index (χ0) is 8.69. The summed E-state index contributed by atoms with van der Waals surface area (Å²) in [6.07, 6.45) is 2.70. The molecule has 0 fully saturated rings. The third-order valence-corrected chi connectivity index (χ3v) is 0.857. The Bertz CT molecular complexity index is 211. The lowest BCUT2D eigenvalue weighted by Gasteiger charge is -1.84. The molecule has 0 atom stereocenters. The minimum absolute atomic E-state index is 0.0255. The molecule has 4 heteroatoms.